The second-order valence-electron chi connectivity index (χ2n) is 8.09. The predicted octanol–water partition coefficient (Wildman–Crippen LogP) is 3.93. The minimum Gasteiger partial charge on any atom is -0.535 e. The molecule has 0 saturated heterocycles. The van der Waals surface area contributed by atoms with Crippen LogP contribution in [0.25, 0.3) is 0 Å². The zero-order chi connectivity index (χ0) is 24.1. The quantitative estimate of drug-likeness (QED) is 0.338. The maximum absolute atomic E-state index is 13.0. The molecule has 0 amide bonds. The molecule has 0 saturated carbocycles. The summed E-state index contributed by atoms with van der Waals surface area (Å²) in [6.07, 6.45) is -3.42. The molecule has 0 fully saturated rings. The lowest BCUT2D eigenvalue weighted by molar-refractivity contribution is -0.121. The summed E-state index contributed by atoms with van der Waals surface area (Å²) in [5.41, 5.74) is 0.556. The van der Waals surface area contributed by atoms with Crippen molar-refractivity contribution in [3.63, 3.8) is 0 Å². The van der Waals surface area contributed by atoms with Crippen LogP contribution in [0.4, 0.5) is 13.6 Å². The molecule has 0 bridgehead atoms. The molecule has 1 aromatic carbocycles. The highest BCUT2D eigenvalue weighted by molar-refractivity contribution is 6.47. The number of benzene rings is 1. The van der Waals surface area contributed by atoms with E-state index in [1.165, 1.54) is 13.0 Å². The predicted molar refractivity (Wildman–Crippen MR) is 110 cm³/mol. The number of ether oxygens (including phenoxy) is 3. The Morgan fingerprint density at radius 2 is 1.91 bits per heavy atom. The third-order valence-corrected chi connectivity index (χ3v) is 4.64. The molecule has 1 aromatic rings. The van der Waals surface area contributed by atoms with Crippen LogP contribution in [0.15, 0.2) is 18.2 Å². The molecule has 8 nitrogen and oxygen atoms in total. The van der Waals surface area contributed by atoms with Gasteiger partial charge in [-0.1, -0.05) is 12.1 Å². The van der Waals surface area contributed by atoms with Crippen LogP contribution in [-0.2, 0) is 25.4 Å². The molecule has 2 atom stereocenters. The van der Waals surface area contributed by atoms with E-state index in [0.717, 1.165) is 6.92 Å². The maximum Gasteiger partial charge on any atom is 0.526 e. The Bertz CT molecular complexity index is 840. The monoisotopic (exact) mass is 456 g/mol. The SMILES string of the molecule is CC(C)OC(=O)OC(C)OC(=O)c1cccc2c1OB(O)[C@@H](CC(=O)CCC(C)(F)F)C2. The first-order valence-electron chi connectivity index (χ1n) is 10.3. The van der Waals surface area contributed by atoms with Gasteiger partial charge in [-0.2, -0.15) is 0 Å². The van der Waals surface area contributed by atoms with Crippen LogP contribution in [-0.4, -0.2) is 48.4 Å². The Labute approximate surface area is 185 Å². The molecular weight excluding hydrogens is 429 g/mol. The van der Waals surface area contributed by atoms with Crippen molar-refractivity contribution < 1.29 is 47.1 Å². The molecule has 0 spiro atoms. The molecule has 11 heteroatoms. The van der Waals surface area contributed by atoms with Crippen molar-refractivity contribution in [2.24, 2.45) is 0 Å². The summed E-state index contributed by atoms with van der Waals surface area (Å²) in [7, 11) is -1.41. The first-order valence-corrected chi connectivity index (χ1v) is 10.3. The highest BCUT2D eigenvalue weighted by atomic mass is 19.3. The number of hydrogen-bond acceptors (Lipinski definition) is 8. The van der Waals surface area contributed by atoms with Crippen molar-refractivity contribution in [3.8, 4) is 5.75 Å². The molecule has 176 valence electrons. The van der Waals surface area contributed by atoms with Gasteiger partial charge in [0, 0.05) is 32.0 Å². The van der Waals surface area contributed by atoms with Crippen molar-refractivity contribution in [1.29, 1.82) is 0 Å². The van der Waals surface area contributed by atoms with Gasteiger partial charge in [-0.3, -0.25) is 4.79 Å². The van der Waals surface area contributed by atoms with Gasteiger partial charge in [0.25, 0.3) is 0 Å². The molecule has 2 rings (SSSR count). The van der Waals surface area contributed by atoms with Crippen LogP contribution >= 0.6 is 0 Å². The highest BCUT2D eigenvalue weighted by Crippen LogP contribution is 2.37. The number of rotatable bonds is 9. The molecule has 1 heterocycles. The number of ketones is 1. The topological polar surface area (TPSA) is 108 Å². The van der Waals surface area contributed by atoms with E-state index >= 15 is 0 Å². The molecule has 1 aliphatic rings. The summed E-state index contributed by atoms with van der Waals surface area (Å²) in [6, 6.07) is 4.66. The Morgan fingerprint density at radius 3 is 2.53 bits per heavy atom. The van der Waals surface area contributed by atoms with Crippen LogP contribution in [0.3, 0.4) is 0 Å². The Kier molecular flexibility index (Phi) is 8.60. The fourth-order valence-corrected chi connectivity index (χ4v) is 3.17. The van der Waals surface area contributed by atoms with Gasteiger partial charge in [-0.25, -0.2) is 18.4 Å². The number of halogens is 2. The Morgan fingerprint density at radius 1 is 1.22 bits per heavy atom. The third kappa shape index (κ3) is 7.78. The molecule has 0 aromatic heterocycles. The second kappa shape index (κ2) is 10.8. The van der Waals surface area contributed by atoms with Crippen LogP contribution in [0.5, 0.6) is 5.75 Å². The number of Topliss-reactive ketones (excluding diaryl/α,β-unsaturated/α-hetero) is 1. The van der Waals surface area contributed by atoms with Crippen molar-refractivity contribution in [2.45, 2.75) is 77.5 Å². The van der Waals surface area contributed by atoms with E-state index in [1.54, 1.807) is 26.0 Å². The first-order chi connectivity index (χ1) is 14.9. The van der Waals surface area contributed by atoms with Gasteiger partial charge in [0.1, 0.15) is 17.1 Å². The van der Waals surface area contributed by atoms with Crippen molar-refractivity contribution in [2.75, 3.05) is 0 Å². The molecular formula is C21H27BF2O8. The number of hydrogen-bond donors (Lipinski definition) is 1. The van der Waals surface area contributed by atoms with Gasteiger partial charge in [0.2, 0.25) is 12.2 Å². The van der Waals surface area contributed by atoms with Crippen LogP contribution in [0.1, 0.15) is 62.9 Å². The van der Waals surface area contributed by atoms with E-state index in [1.807, 2.05) is 0 Å². The average molecular weight is 456 g/mol. The average Bonchev–Trinajstić information content (AvgIpc) is 2.65. The molecule has 0 aliphatic carbocycles. The number of alkyl halides is 2. The number of para-hydroxylation sites is 1. The number of fused-ring (bicyclic) bond motifs is 1. The Hall–Kier alpha value is -2.69. The Balaban J connectivity index is 2.02. The van der Waals surface area contributed by atoms with Gasteiger partial charge in [-0.05, 0) is 38.8 Å². The molecule has 32 heavy (non-hydrogen) atoms. The van der Waals surface area contributed by atoms with E-state index in [0.29, 0.717) is 5.56 Å². The van der Waals surface area contributed by atoms with Gasteiger partial charge >= 0.3 is 19.2 Å². The van der Waals surface area contributed by atoms with E-state index < -0.39 is 55.6 Å². The minimum atomic E-state index is -2.94. The summed E-state index contributed by atoms with van der Waals surface area (Å²) >= 11 is 0. The molecule has 1 N–H and O–H groups in total. The maximum atomic E-state index is 13.0. The number of esters is 1. The van der Waals surface area contributed by atoms with Crippen LogP contribution in [0.2, 0.25) is 5.82 Å². The summed E-state index contributed by atoms with van der Waals surface area (Å²) in [5, 5.41) is 10.3. The fraction of sp³-hybridized carbons (Fsp3) is 0.571. The lowest BCUT2D eigenvalue weighted by Crippen LogP contribution is -2.36. The third-order valence-electron chi connectivity index (χ3n) is 4.64. The van der Waals surface area contributed by atoms with E-state index in [4.69, 9.17) is 18.9 Å². The van der Waals surface area contributed by atoms with Gasteiger partial charge in [0.05, 0.1) is 6.10 Å². The zero-order valence-electron chi connectivity index (χ0n) is 18.4. The zero-order valence-corrected chi connectivity index (χ0v) is 18.4. The molecule has 1 unspecified atom stereocenters. The first kappa shape index (κ1) is 25.6. The van der Waals surface area contributed by atoms with Gasteiger partial charge in [-0.15, -0.1) is 0 Å². The normalized spacial score (nSPS) is 16.6. The van der Waals surface area contributed by atoms with Crippen molar-refractivity contribution in [3.05, 3.63) is 29.3 Å². The summed E-state index contributed by atoms with van der Waals surface area (Å²) in [5.74, 6) is -4.74. The number of carbonyl (C=O) groups excluding carboxylic acids is 3. The van der Waals surface area contributed by atoms with Crippen LogP contribution in [0, 0.1) is 0 Å². The smallest absolute Gasteiger partial charge is 0.526 e. The largest absolute Gasteiger partial charge is 0.535 e. The van der Waals surface area contributed by atoms with Gasteiger partial charge in [0.15, 0.2) is 0 Å². The lowest BCUT2D eigenvalue weighted by atomic mass is 9.64. The van der Waals surface area contributed by atoms with Crippen molar-refractivity contribution in [1.82, 2.24) is 0 Å². The molecule has 1 aliphatic heterocycles. The fourth-order valence-electron chi connectivity index (χ4n) is 3.17. The highest BCUT2D eigenvalue weighted by Gasteiger charge is 2.38. The summed E-state index contributed by atoms with van der Waals surface area (Å²) < 4.78 is 46.2. The van der Waals surface area contributed by atoms with Crippen LogP contribution < -0.4 is 4.65 Å². The van der Waals surface area contributed by atoms with E-state index in [2.05, 4.69) is 0 Å². The summed E-state index contributed by atoms with van der Waals surface area (Å²) in [4.78, 5) is 36.1. The second-order valence-corrected chi connectivity index (χ2v) is 8.09. The summed E-state index contributed by atoms with van der Waals surface area (Å²) in [6.45, 7) is 5.36. The number of carbonyl (C=O) groups is 3. The standard InChI is InChI=1S/C21H27BF2O8/c1-12(2)29-20(27)31-13(3)30-19(26)17-7-5-6-14-10-15(22(28)32-18(14)17)11-16(25)8-9-21(4,23)24/h5-7,12-13,15,28H,8-11H2,1-4H3/t13?,15-/m1/s1. The molecule has 0 radical (unpaired) electrons. The van der Waals surface area contributed by atoms with Crippen molar-refractivity contribution >= 4 is 25.0 Å². The lowest BCUT2D eigenvalue weighted by Gasteiger charge is -2.28. The minimum absolute atomic E-state index is 0.00429. The van der Waals surface area contributed by atoms with Gasteiger partial charge < -0.3 is 23.9 Å². The van der Waals surface area contributed by atoms with E-state index in [-0.39, 0.29) is 30.6 Å². The van der Waals surface area contributed by atoms with E-state index in [9.17, 15) is 28.2 Å².